The lowest BCUT2D eigenvalue weighted by Gasteiger charge is -2.35. The minimum atomic E-state index is -0.981. The lowest BCUT2D eigenvalue weighted by Crippen LogP contribution is -2.34. The molecule has 0 unspecified atom stereocenters. The van der Waals surface area contributed by atoms with Gasteiger partial charge in [0, 0.05) is 12.5 Å². The van der Waals surface area contributed by atoms with Crippen LogP contribution in [0.25, 0.3) is 0 Å². The number of benzene rings is 1. The number of hydrogen-bond donors (Lipinski definition) is 2. The van der Waals surface area contributed by atoms with Crippen LogP contribution in [0.2, 0.25) is 0 Å². The Morgan fingerprint density at radius 3 is 1.97 bits per heavy atom. The number of unbranched alkanes of at least 4 members (excludes halogenated alkanes) is 5. The number of phenolic OH excluding ortho intramolecular Hbond substituents is 1. The Hall–Kier alpha value is -1.85. The van der Waals surface area contributed by atoms with Crippen LogP contribution in [-0.2, 0) is 20.1 Å². The normalized spacial score (nSPS) is 10.9. The fourth-order valence-electron chi connectivity index (χ4n) is 2.94. The van der Waals surface area contributed by atoms with E-state index in [-0.39, 0.29) is 5.75 Å². The van der Waals surface area contributed by atoms with Crippen molar-refractivity contribution in [2.45, 2.75) is 84.3 Å². The third-order valence-corrected chi connectivity index (χ3v) is 4.43. The number of carbonyl (C=O) groups is 1. The lowest BCUT2D eigenvalue weighted by molar-refractivity contribution is -0.252. The highest BCUT2D eigenvalue weighted by Crippen LogP contribution is 2.38. The second-order valence-electron chi connectivity index (χ2n) is 7.03. The van der Waals surface area contributed by atoms with Gasteiger partial charge in [0.15, 0.2) is 5.79 Å². The smallest absolute Gasteiger partial charge is 0.327 e. The summed E-state index contributed by atoms with van der Waals surface area (Å²) in [5.74, 6) is -1.54. The topological polar surface area (TPSA) is 76.0 Å². The maximum atomic E-state index is 10.4. The summed E-state index contributed by atoms with van der Waals surface area (Å²) in [6.07, 6.45) is 10.8. The van der Waals surface area contributed by atoms with E-state index in [1.165, 1.54) is 32.1 Å². The van der Waals surface area contributed by atoms with Crippen LogP contribution < -0.4 is 0 Å². The number of hydrogen-bond acceptors (Lipinski definition) is 4. The van der Waals surface area contributed by atoms with E-state index < -0.39 is 11.8 Å². The summed E-state index contributed by atoms with van der Waals surface area (Å²) in [6.45, 7) is 10.7. The summed E-state index contributed by atoms with van der Waals surface area (Å²) in [5, 5.41) is 18.0. The van der Waals surface area contributed by atoms with Gasteiger partial charge >= 0.3 is 5.97 Å². The van der Waals surface area contributed by atoms with Gasteiger partial charge in [-0.1, -0.05) is 71.6 Å². The van der Waals surface area contributed by atoms with E-state index in [0.29, 0.717) is 13.2 Å². The third kappa shape index (κ3) is 11.7. The first-order valence-electron chi connectivity index (χ1n) is 10.9. The molecule has 0 aliphatic carbocycles. The van der Waals surface area contributed by atoms with E-state index in [2.05, 4.69) is 27.4 Å². The van der Waals surface area contributed by atoms with Crippen molar-refractivity contribution in [1.29, 1.82) is 0 Å². The first kappa shape index (κ1) is 27.2. The van der Waals surface area contributed by atoms with Gasteiger partial charge < -0.3 is 19.7 Å². The van der Waals surface area contributed by atoms with Crippen molar-refractivity contribution in [3.63, 3.8) is 0 Å². The van der Waals surface area contributed by atoms with Crippen LogP contribution in [-0.4, -0.2) is 29.4 Å². The second-order valence-corrected chi connectivity index (χ2v) is 7.03. The highest BCUT2D eigenvalue weighted by molar-refractivity contribution is 5.78. The highest BCUT2D eigenvalue weighted by Gasteiger charge is 2.36. The molecule has 5 nitrogen and oxygen atoms in total. The monoisotopic (exact) mass is 408 g/mol. The Balaban J connectivity index is 0.00000139. The molecule has 0 spiro atoms. The average molecular weight is 409 g/mol. The molecule has 166 valence electrons. The zero-order chi connectivity index (χ0) is 22.0. The summed E-state index contributed by atoms with van der Waals surface area (Å²) < 4.78 is 12.4. The van der Waals surface area contributed by atoms with E-state index in [1.807, 2.05) is 18.2 Å². The van der Waals surface area contributed by atoms with Crippen LogP contribution >= 0.6 is 0 Å². The molecule has 1 aromatic rings. The maximum absolute atomic E-state index is 10.4. The Bertz CT molecular complexity index is 548. The molecule has 0 heterocycles. The van der Waals surface area contributed by atoms with Gasteiger partial charge in [-0.2, -0.15) is 0 Å². The molecule has 5 heteroatoms. The zero-order valence-corrected chi connectivity index (χ0v) is 18.5. The summed E-state index contributed by atoms with van der Waals surface area (Å²) >= 11 is 0. The highest BCUT2D eigenvalue weighted by atomic mass is 16.7. The number of carboxylic acids is 1. The van der Waals surface area contributed by atoms with Crippen LogP contribution in [0.1, 0.15) is 84.1 Å². The van der Waals surface area contributed by atoms with E-state index in [0.717, 1.165) is 37.3 Å². The van der Waals surface area contributed by atoms with Gasteiger partial charge in [-0.3, -0.25) is 0 Å². The van der Waals surface area contributed by atoms with Crippen LogP contribution in [0.4, 0.5) is 0 Å². The number of aliphatic carboxylic acids is 1. The molecule has 0 amide bonds. The van der Waals surface area contributed by atoms with E-state index in [1.54, 1.807) is 6.07 Å². The van der Waals surface area contributed by atoms with Crippen molar-refractivity contribution >= 4 is 5.97 Å². The summed E-state index contributed by atoms with van der Waals surface area (Å²) in [4.78, 5) is 9.25. The Labute approximate surface area is 176 Å². The molecule has 1 rings (SSSR count). The van der Waals surface area contributed by atoms with Crippen LogP contribution in [0.3, 0.4) is 0 Å². The molecule has 0 aromatic heterocycles. The number of ether oxygens (including phenoxy) is 2. The van der Waals surface area contributed by atoms with Crippen molar-refractivity contribution in [3.8, 4) is 5.75 Å². The molecule has 0 aliphatic rings. The number of para-hydroxylation sites is 1. The van der Waals surface area contributed by atoms with Gasteiger partial charge in [-0.15, -0.1) is 0 Å². The molecule has 0 radical (unpaired) electrons. The standard InChI is InChI=1S/C21H36O3.C3H4O2/c1-4-7-8-9-10-13-16-21(23-17-5-2,24-18-6-3)19-14-11-12-15-20(19)22;1-2-3(4)5/h11-12,14-15,22H,4-10,13,16-18H2,1-3H3;2H,1H2,(H,4,5). The number of phenols is 1. The Kier molecular flexibility index (Phi) is 16.0. The Morgan fingerprint density at radius 2 is 1.48 bits per heavy atom. The molecular formula is C24H40O5. The van der Waals surface area contributed by atoms with Crippen LogP contribution in [0.5, 0.6) is 5.75 Å². The summed E-state index contributed by atoms with van der Waals surface area (Å²) in [6, 6.07) is 7.43. The molecule has 0 saturated heterocycles. The molecule has 0 aliphatic heterocycles. The fraction of sp³-hybridized carbons (Fsp3) is 0.625. The molecule has 0 atom stereocenters. The van der Waals surface area contributed by atoms with Gasteiger partial charge in [0.1, 0.15) is 5.75 Å². The van der Waals surface area contributed by atoms with Gasteiger partial charge in [-0.05, 0) is 31.4 Å². The molecule has 29 heavy (non-hydrogen) atoms. The molecule has 1 aromatic carbocycles. The SMILES string of the molecule is C=CC(=O)O.CCCCCCCCC(OCCC)(OCCC)c1ccccc1O. The molecule has 0 bridgehead atoms. The average Bonchev–Trinajstić information content (AvgIpc) is 2.73. The third-order valence-electron chi connectivity index (χ3n) is 4.43. The lowest BCUT2D eigenvalue weighted by atomic mass is 9.97. The fourth-order valence-corrected chi connectivity index (χ4v) is 2.94. The number of rotatable bonds is 15. The van der Waals surface area contributed by atoms with Crippen molar-refractivity contribution in [2.24, 2.45) is 0 Å². The van der Waals surface area contributed by atoms with Gasteiger partial charge in [-0.25, -0.2) is 4.79 Å². The molecule has 2 N–H and O–H groups in total. The van der Waals surface area contributed by atoms with E-state index >= 15 is 0 Å². The quantitative estimate of drug-likeness (QED) is 0.199. The van der Waals surface area contributed by atoms with Crippen molar-refractivity contribution < 1.29 is 24.5 Å². The number of carboxylic acid groups (broad SMARTS) is 1. The largest absolute Gasteiger partial charge is 0.507 e. The van der Waals surface area contributed by atoms with E-state index in [4.69, 9.17) is 14.6 Å². The first-order chi connectivity index (χ1) is 14.0. The molecular weight excluding hydrogens is 368 g/mol. The van der Waals surface area contributed by atoms with Crippen molar-refractivity contribution in [2.75, 3.05) is 13.2 Å². The Morgan fingerprint density at radius 1 is 0.966 bits per heavy atom. The first-order valence-corrected chi connectivity index (χ1v) is 10.9. The summed E-state index contributed by atoms with van der Waals surface area (Å²) in [7, 11) is 0. The molecule has 0 fully saturated rings. The van der Waals surface area contributed by atoms with Gasteiger partial charge in [0.05, 0.1) is 18.8 Å². The van der Waals surface area contributed by atoms with Crippen molar-refractivity contribution in [1.82, 2.24) is 0 Å². The van der Waals surface area contributed by atoms with Gasteiger partial charge in [0.2, 0.25) is 0 Å². The minimum Gasteiger partial charge on any atom is -0.507 e. The van der Waals surface area contributed by atoms with Crippen molar-refractivity contribution in [3.05, 3.63) is 42.5 Å². The molecule has 0 saturated carbocycles. The van der Waals surface area contributed by atoms with Gasteiger partial charge in [0.25, 0.3) is 0 Å². The summed E-state index contributed by atoms with van der Waals surface area (Å²) in [5.41, 5.74) is 0.764. The number of aromatic hydroxyl groups is 1. The zero-order valence-electron chi connectivity index (χ0n) is 18.5. The van der Waals surface area contributed by atoms with Crippen LogP contribution in [0.15, 0.2) is 36.9 Å². The minimum absolute atomic E-state index is 0.260. The maximum Gasteiger partial charge on any atom is 0.327 e. The second kappa shape index (κ2) is 17.0. The predicted octanol–water partition coefficient (Wildman–Crippen LogP) is 6.41. The predicted molar refractivity (Wildman–Crippen MR) is 118 cm³/mol. The van der Waals surface area contributed by atoms with Crippen LogP contribution in [0, 0.1) is 0 Å². The van der Waals surface area contributed by atoms with E-state index in [9.17, 15) is 9.90 Å².